The maximum atomic E-state index is 6.38. The number of hydrogen-bond acceptors (Lipinski definition) is 1. The quantitative estimate of drug-likeness (QED) is 0.646. The third kappa shape index (κ3) is 0.945. The Morgan fingerprint density at radius 2 is 1.53 bits per heavy atom. The van der Waals surface area contributed by atoms with E-state index in [1.807, 2.05) is 0 Å². The second kappa shape index (κ2) is 2.80. The molecule has 2 bridgehead atoms. The van der Waals surface area contributed by atoms with Crippen molar-refractivity contribution in [1.29, 1.82) is 0 Å². The first kappa shape index (κ1) is 9.04. The van der Waals surface area contributed by atoms with Crippen LogP contribution in [0.15, 0.2) is 0 Å². The predicted octanol–water partition coefficient (Wildman–Crippen LogP) is 2.65. The van der Waals surface area contributed by atoms with Crippen LogP contribution in [0.3, 0.4) is 0 Å². The Labute approximate surface area is 92.8 Å². The van der Waals surface area contributed by atoms with Crippen LogP contribution in [-0.4, -0.2) is 6.04 Å². The van der Waals surface area contributed by atoms with Gasteiger partial charge in [-0.1, -0.05) is 13.3 Å². The van der Waals surface area contributed by atoms with Gasteiger partial charge in [0, 0.05) is 6.04 Å². The molecular weight excluding hydrogens is 182 g/mol. The highest BCUT2D eigenvalue weighted by Crippen LogP contribution is 2.67. The van der Waals surface area contributed by atoms with Gasteiger partial charge in [-0.3, -0.25) is 0 Å². The Balaban J connectivity index is 1.72. The summed E-state index contributed by atoms with van der Waals surface area (Å²) in [5.74, 6) is 7.27. The van der Waals surface area contributed by atoms with E-state index in [2.05, 4.69) is 6.92 Å². The van der Waals surface area contributed by atoms with Gasteiger partial charge < -0.3 is 5.73 Å². The van der Waals surface area contributed by atoms with E-state index in [1.165, 1.54) is 19.3 Å². The Kier molecular flexibility index (Phi) is 1.68. The first-order valence-corrected chi connectivity index (χ1v) is 7.03. The molecule has 8 atom stereocenters. The zero-order chi connectivity index (χ0) is 10.2. The van der Waals surface area contributed by atoms with E-state index in [-0.39, 0.29) is 0 Å². The van der Waals surface area contributed by atoms with Crippen LogP contribution in [0.2, 0.25) is 0 Å². The minimum absolute atomic E-state index is 0.557. The monoisotopic (exact) mass is 205 g/mol. The molecule has 0 radical (unpaired) electrons. The lowest BCUT2D eigenvalue weighted by atomic mass is 9.68. The number of hydrogen-bond donors (Lipinski definition) is 1. The van der Waals surface area contributed by atoms with E-state index in [0.29, 0.717) is 6.04 Å². The second-order valence-corrected chi connectivity index (χ2v) is 6.85. The van der Waals surface area contributed by atoms with Crippen LogP contribution in [0, 0.1) is 41.4 Å². The highest BCUT2D eigenvalue weighted by Gasteiger charge is 2.63. The zero-order valence-electron chi connectivity index (χ0n) is 9.73. The maximum Gasteiger partial charge on any atom is 0.00754 e. The lowest BCUT2D eigenvalue weighted by Crippen LogP contribution is -2.38. The second-order valence-electron chi connectivity index (χ2n) is 6.85. The molecule has 8 unspecified atom stereocenters. The third-order valence-corrected chi connectivity index (χ3v) is 6.50. The van der Waals surface area contributed by atoms with Crippen molar-refractivity contribution in [3.63, 3.8) is 0 Å². The molecule has 0 amide bonds. The lowest BCUT2D eigenvalue weighted by molar-refractivity contribution is 0.113. The summed E-state index contributed by atoms with van der Waals surface area (Å²) >= 11 is 0. The van der Waals surface area contributed by atoms with E-state index in [4.69, 9.17) is 5.73 Å². The number of fused-ring (bicyclic) bond motifs is 8. The van der Waals surface area contributed by atoms with Gasteiger partial charge in [0.25, 0.3) is 0 Å². The summed E-state index contributed by atoms with van der Waals surface area (Å²) in [5.41, 5.74) is 6.38. The molecule has 0 saturated heterocycles. The Morgan fingerprint density at radius 1 is 0.867 bits per heavy atom. The smallest absolute Gasteiger partial charge is 0.00754 e. The SMILES string of the molecule is CC1CC(N)C2C3CC(C4CCCC43)C12. The molecule has 0 aromatic carbocycles. The van der Waals surface area contributed by atoms with Crippen molar-refractivity contribution in [3.05, 3.63) is 0 Å². The molecule has 15 heavy (non-hydrogen) atoms. The molecule has 84 valence electrons. The summed E-state index contributed by atoms with van der Waals surface area (Å²) in [6.07, 6.45) is 7.49. The topological polar surface area (TPSA) is 26.0 Å². The minimum Gasteiger partial charge on any atom is -0.327 e. The standard InChI is InChI=1S/C14H23N/c1-7-5-12(15)14-11-6-10(13(7)14)8-3-2-4-9(8)11/h7-14H,2-6,15H2,1H3. The zero-order valence-corrected chi connectivity index (χ0v) is 9.73. The van der Waals surface area contributed by atoms with Crippen molar-refractivity contribution >= 4 is 0 Å². The van der Waals surface area contributed by atoms with E-state index >= 15 is 0 Å². The molecule has 0 aromatic heterocycles. The molecule has 4 aliphatic rings. The Hall–Kier alpha value is -0.0400. The van der Waals surface area contributed by atoms with E-state index in [9.17, 15) is 0 Å². The van der Waals surface area contributed by atoms with Crippen molar-refractivity contribution in [2.24, 2.45) is 47.2 Å². The molecule has 4 saturated carbocycles. The molecule has 0 aromatic rings. The molecule has 4 rings (SSSR count). The fourth-order valence-electron chi connectivity index (χ4n) is 6.35. The maximum absolute atomic E-state index is 6.38. The molecule has 0 aliphatic heterocycles. The molecule has 0 heterocycles. The van der Waals surface area contributed by atoms with E-state index in [1.54, 1.807) is 12.8 Å². The molecular formula is C14H23N. The van der Waals surface area contributed by atoms with Crippen molar-refractivity contribution in [3.8, 4) is 0 Å². The summed E-state index contributed by atoms with van der Waals surface area (Å²) in [6, 6.07) is 0.557. The van der Waals surface area contributed by atoms with E-state index in [0.717, 1.165) is 41.4 Å². The first-order valence-electron chi connectivity index (χ1n) is 7.03. The molecule has 4 fully saturated rings. The van der Waals surface area contributed by atoms with Crippen LogP contribution in [0.4, 0.5) is 0 Å². The van der Waals surface area contributed by atoms with Gasteiger partial charge in [0.2, 0.25) is 0 Å². The summed E-state index contributed by atoms with van der Waals surface area (Å²) < 4.78 is 0. The van der Waals surface area contributed by atoms with Gasteiger partial charge in [-0.25, -0.2) is 0 Å². The van der Waals surface area contributed by atoms with Gasteiger partial charge in [0.05, 0.1) is 0 Å². The van der Waals surface area contributed by atoms with E-state index < -0.39 is 0 Å². The van der Waals surface area contributed by atoms with Gasteiger partial charge in [0.15, 0.2) is 0 Å². The summed E-state index contributed by atoms with van der Waals surface area (Å²) in [6.45, 7) is 2.47. The average molecular weight is 205 g/mol. The Morgan fingerprint density at radius 3 is 2.27 bits per heavy atom. The van der Waals surface area contributed by atoms with Crippen LogP contribution in [0.25, 0.3) is 0 Å². The fraction of sp³-hybridized carbons (Fsp3) is 1.00. The Bertz CT molecular complexity index is 261. The van der Waals surface area contributed by atoms with Crippen LogP contribution >= 0.6 is 0 Å². The average Bonchev–Trinajstić information content (AvgIpc) is 2.88. The normalized spacial score (nSPS) is 66.0. The van der Waals surface area contributed by atoms with Gasteiger partial charge in [-0.2, -0.15) is 0 Å². The van der Waals surface area contributed by atoms with Crippen molar-refractivity contribution < 1.29 is 0 Å². The van der Waals surface area contributed by atoms with Gasteiger partial charge in [-0.15, -0.1) is 0 Å². The highest BCUT2D eigenvalue weighted by atomic mass is 14.8. The largest absolute Gasteiger partial charge is 0.327 e. The number of rotatable bonds is 0. The first-order chi connectivity index (χ1) is 7.27. The number of nitrogens with two attached hydrogens (primary N) is 1. The molecule has 2 N–H and O–H groups in total. The van der Waals surface area contributed by atoms with Crippen molar-refractivity contribution in [2.45, 2.75) is 45.1 Å². The van der Waals surface area contributed by atoms with Crippen LogP contribution in [0.5, 0.6) is 0 Å². The predicted molar refractivity (Wildman–Crippen MR) is 61.2 cm³/mol. The van der Waals surface area contributed by atoms with Gasteiger partial charge >= 0.3 is 0 Å². The van der Waals surface area contributed by atoms with Gasteiger partial charge in [-0.05, 0) is 67.1 Å². The summed E-state index contributed by atoms with van der Waals surface area (Å²) in [5, 5.41) is 0. The van der Waals surface area contributed by atoms with Gasteiger partial charge in [0.1, 0.15) is 0 Å². The van der Waals surface area contributed by atoms with Crippen LogP contribution in [-0.2, 0) is 0 Å². The lowest BCUT2D eigenvalue weighted by Gasteiger charge is -2.37. The van der Waals surface area contributed by atoms with Crippen molar-refractivity contribution in [2.75, 3.05) is 0 Å². The third-order valence-electron chi connectivity index (χ3n) is 6.50. The molecule has 0 spiro atoms. The summed E-state index contributed by atoms with van der Waals surface area (Å²) in [7, 11) is 0. The van der Waals surface area contributed by atoms with Crippen LogP contribution in [0.1, 0.15) is 39.0 Å². The molecule has 4 aliphatic carbocycles. The molecule has 1 heteroatoms. The highest BCUT2D eigenvalue weighted by molar-refractivity contribution is 5.12. The van der Waals surface area contributed by atoms with Crippen molar-refractivity contribution in [1.82, 2.24) is 0 Å². The van der Waals surface area contributed by atoms with Crippen LogP contribution < -0.4 is 5.73 Å². The molecule has 1 nitrogen and oxygen atoms in total. The summed E-state index contributed by atoms with van der Waals surface area (Å²) in [4.78, 5) is 0. The minimum atomic E-state index is 0.557. The fourth-order valence-corrected chi connectivity index (χ4v) is 6.35.